The molecule has 1 aromatic carbocycles. The predicted molar refractivity (Wildman–Crippen MR) is 102 cm³/mol. The van der Waals surface area contributed by atoms with Gasteiger partial charge in [-0.25, -0.2) is 0 Å². The first-order chi connectivity index (χ1) is 12.3. The first-order valence-corrected chi connectivity index (χ1v) is 10.2. The predicted octanol–water partition coefficient (Wildman–Crippen LogP) is 3.28. The Bertz CT molecular complexity index is 567. The number of nitrogens with one attached hydrogen (secondary N) is 1. The second-order valence-corrected chi connectivity index (χ2v) is 8.09. The maximum Gasteiger partial charge on any atom is 0.251 e. The second-order valence-electron chi connectivity index (χ2n) is 8.09. The fourth-order valence-electron chi connectivity index (χ4n) is 4.17. The highest BCUT2D eigenvalue weighted by molar-refractivity contribution is 5.94. The number of nitrogens with zero attached hydrogens (tertiary/aromatic N) is 2. The smallest absolute Gasteiger partial charge is 0.251 e. The fraction of sp³-hybridized carbons (Fsp3) is 0.667. The lowest BCUT2D eigenvalue weighted by atomic mass is 10.0. The Morgan fingerprint density at radius 1 is 0.920 bits per heavy atom. The molecule has 1 aromatic rings. The van der Waals surface area contributed by atoms with E-state index in [2.05, 4.69) is 27.2 Å². The molecule has 136 valence electrons. The van der Waals surface area contributed by atoms with E-state index in [9.17, 15) is 4.79 Å². The highest BCUT2D eigenvalue weighted by Crippen LogP contribution is 2.30. The van der Waals surface area contributed by atoms with E-state index in [4.69, 9.17) is 0 Å². The Kier molecular flexibility index (Phi) is 5.25. The number of piperidine rings is 2. The summed E-state index contributed by atoms with van der Waals surface area (Å²) in [5.41, 5.74) is 2.05. The monoisotopic (exact) mass is 341 g/mol. The quantitative estimate of drug-likeness (QED) is 0.893. The first kappa shape index (κ1) is 16.9. The molecule has 2 heterocycles. The molecule has 2 saturated heterocycles. The third kappa shape index (κ3) is 4.55. The van der Waals surface area contributed by atoms with Crippen molar-refractivity contribution in [2.75, 3.05) is 37.6 Å². The van der Waals surface area contributed by atoms with Crippen LogP contribution in [0, 0.1) is 5.92 Å². The number of anilines is 1. The second kappa shape index (κ2) is 7.77. The van der Waals surface area contributed by atoms with Gasteiger partial charge < -0.3 is 15.1 Å². The minimum Gasteiger partial charge on any atom is -0.372 e. The number of hydrogen-bond donors (Lipinski definition) is 1. The molecule has 1 aliphatic carbocycles. The van der Waals surface area contributed by atoms with Gasteiger partial charge in [0.1, 0.15) is 0 Å². The molecule has 1 amide bonds. The van der Waals surface area contributed by atoms with Gasteiger partial charge >= 0.3 is 0 Å². The zero-order valence-electron chi connectivity index (χ0n) is 15.3. The molecule has 3 aliphatic rings. The number of benzene rings is 1. The minimum absolute atomic E-state index is 0.0887. The zero-order chi connectivity index (χ0) is 17.1. The molecule has 25 heavy (non-hydrogen) atoms. The van der Waals surface area contributed by atoms with Crippen LogP contribution in [0.4, 0.5) is 5.69 Å². The lowest BCUT2D eigenvalue weighted by molar-refractivity contribution is 0.0909. The summed E-state index contributed by atoms with van der Waals surface area (Å²) in [5, 5.41) is 3.24. The Morgan fingerprint density at radius 3 is 2.24 bits per heavy atom. The number of amides is 1. The summed E-state index contributed by atoms with van der Waals surface area (Å²) < 4.78 is 0. The summed E-state index contributed by atoms with van der Waals surface area (Å²) in [6.45, 7) is 5.83. The van der Waals surface area contributed by atoms with Crippen molar-refractivity contribution in [1.82, 2.24) is 10.2 Å². The molecule has 0 bridgehead atoms. The molecule has 2 aliphatic heterocycles. The molecule has 1 N–H and O–H groups in total. The molecule has 3 fully saturated rings. The van der Waals surface area contributed by atoms with E-state index in [1.54, 1.807) is 0 Å². The summed E-state index contributed by atoms with van der Waals surface area (Å²) >= 11 is 0. The van der Waals surface area contributed by atoms with Crippen molar-refractivity contribution < 1.29 is 4.79 Å². The van der Waals surface area contributed by atoms with Crippen LogP contribution in [0.1, 0.15) is 55.3 Å². The van der Waals surface area contributed by atoms with Gasteiger partial charge in [0.05, 0.1) is 0 Å². The van der Waals surface area contributed by atoms with Crippen LogP contribution in [0.15, 0.2) is 24.3 Å². The van der Waals surface area contributed by atoms with Crippen LogP contribution in [0.3, 0.4) is 0 Å². The van der Waals surface area contributed by atoms with Crippen molar-refractivity contribution in [2.45, 2.75) is 51.0 Å². The third-order valence-corrected chi connectivity index (χ3v) is 5.99. The van der Waals surface area contributed by atoms with Gasteiger partial charge in [0.25, 0.3) is 5.91 Å². The highest BCUT2D eigenvalue weighted by atomic mass is 16.1. The van der Waals surface area contributed by atoms with Crippen molar-refractivity contribution in [1.29, 1.82) is 0 Å². The van der Waals surface area contributed by atoms with Crippen molar-refractivity contribution in [3.8, 4) is 0 Å². The van der Waals surface area contributed by atoms with Gasteiger partial charge in [0, 0.05) is 50.0 Å². The van der Waals surface area contributed by atoms with Crippen LogP contribution in [0.2, 0.25) is 0 Å². The van der Waals surface area contributed by atoms with Gasteiger partial charge in [-0.15, -0.1) is 0 Å². The SMILES string of the molecule is O=C(NC1CCN(CC2CC2)CC1)c1ccc(N2CCCCC2)cc1. The summed E-state index contributed by atoms with van der Waals surface area (Å²) in [7, 11) is 0. The van der Waals surface area contributed by atoms with Gasteiger partial charge in [-0.05, 0) is 75.1 Å². The first-order valence-electron chi connectivity index (χ1n) is 10.2. The summed E-state index contributed by atoms with van der Waals surface area (Å²) in [6.07, 6.45) is 8.92. The van der Waals surface area contributed by atoms with E-state index in [-0.39, 0.29) is 5.91 Å². The molecule has 0 unspecified atom stereocenters. The van der Waals surface area contributed by atoms with Crippen LogP contribution in [-0.4, -0.2) is 49.6 Å². The fourth-order valence-corrected chi connectivity index (χ4v) is 4.17. The lowest BCUT2D eigenvalue weighted by Crippen LogP contribution is -2.45. The van der Waals surface area contributed by atoms with Crippen molar-refractivity contribution in [3.05, 3.63) is 29.8 Å². The van der Waals surface area contributed by atoms with Crippen molar-refractivity contribution >= 4 is 11.6 Å². The number of rotatable bonds is 5. The Morgan fingerprint density at radius 2 is 1.60 bits per heavy atom. The topological polar surface area (TPSA) is 35.6 Å². The largest absolute Gasteiger partial charge is 0.372 e. The normalized spacial score (nSPS) is 22.8. The molecule has 0 spiro atoms. The van der Waals surface area contributed by atoms with E-state index < -0.39 is 0 Å². The summed E-state index contributed by atoms with van der Waals surface area (Å²) in [6, 6.07) is 8.53. The van der Waals surface area contributed by atoms with Gasteiger partial charge in [0.2, 0.25) is 0 Å². The summed E-state index contributed by atoms with van der Waals surface area (Å²) in [4.78, 5) is 17.5. The van der Waals surface area contributed by atoms with Crippen LogP contribution < -0.4 is 10.2 Å². The van der Waals surface area contributed by atoms with Crippen LogP contribution in [0.5, 0.6) is 0 Å². The van der Waals surface area contributed by atoms with Crippen molar-refractivity contribution in [2.24, 2.45) is 5.92 Å². The summed E-state index contributed by atoms with van der Waals surface area (Å²) in [5.74, 6) is 1.05. The Hall–Kier alpha value is -1.55. The van der Waals surface area contributed by atoms with Gasteiger partial charge in [-0.1, -0.05) is 0 Å². The van der Waals surface area contributed by atoms with Crippen LogP contribution in [-0.2, 0) is 0 Å². The highest BCUT2D eigenvalue weighted by Gasteiger charge is 2.27. The van der Waals surface area contributed by atoms with Gasteiger partial charge in [-0.3, -0.25) is 4.79 Å². The third-order valence-electron chi connectivity index (χ3n) is 5.99. The molecule has 1 saturated carbocycles. The molecule has 0 atom stereocenters. The van der Waals surface area contributed by atoms with Crippen molar-refractivity contribution in [3.63, 3.8) is 0 Å². The van der Waals surface area contributed by atoms with Gasteiger partial charge in [-0.2, -0.15) is 0 Å². The average Bonchev–Trinajstić information content (AvgIpc) is 3.48. The van der Waals surface area contributed by atoms with Crippen LogP contribution in [0.25, 0.3) is 0 Å². The van der Waals surface area contributed by atoms with Gasteiger partial charge in [0.15, 0.2) is 0 Å². The van der Waals surface area contributed by atoms with E-state index in [1.165, 1.54) is 44.3 Å². The van der Waals surface area contributed by atoms with Crippen LogP contribution >= 0.6 is 0 Å². The molecule has 4 rings (SSSR count). The number of carbonyl (C=O) groups is 1. The lowest BCUT2D eigenvalue weighted by Gasteiger charge is -2.32. The molecular formula is C21H31N3O. The minimum atomic E-state index is 0.0887. The Labute approximate surface area is 151 Å². The standard InChI is InChI=1S/C21H31N3O/c25-21(22-19-10-14-23(15-11-19)16-17-4-5-17)18-6-8-20(9-7-18)24-12-2-1-3-13-24/h6-9,17,19H,1-5,10-16H2,(H,22,25). The van der Waals surface area contributed by atoms with E-state index in [0.717, 1.165) is 50.5 Å². The molecule has 4 nitrogen and oxygen atoms in total. The molecule has 0 radical (unpaired) electrons. The molecule has 0 aromatic heterocycles. The molecular weight excluding hydrogens is 310 g/mol. The maximum atomic E-state index is 12.5. The number of carbonyl (C=O) groups excluding carboxylic acids is 1. The van der Waals surface area contributed by atoms with E-state index >= 15 is 0 Å². The number of hydrogen-bond acceptors (Lipinski definition) is 3. The maximum absolute atomic E-state index is 12.5. The molecule has 4 heteroatoms. The average molecular weight is 341 g/mol. The zero-order valence-corrected chi connectivity index (χ0v) is 15.3. The Balaban J connectivity index is 1.26. The van der Waals surface area contributed by atoms with E-state index in [0.29, 0.717) is 6.04 Å². The number of likely N-dealkylation sites (tertiary alicyclic amines) is 1. The van der Waals surface area contributed by atoms with E-state index in [1.807, 2.05) is 12.1 Å².